The monoisotopic (exact) mass is 328 g/mol. The van der Waals surface area contributed by atoms with Gasteiger partial charge in [0.2, 0.25) is 0 Å². The number of hydrogen-bond acceptors (Lipinski definition) is 4. The molecule has 0 bridgehead atoms. The van der Waals surface area contributed by atoms with Crippen LogP contribution in [0, 0.1) is 6.92 Å². The van der Waals surface area contributed by atoms with Crippen molar-refractivity contribution in [3.05, 3.63) is 63.3 Å². The van der Waals surface area contributed by atoms with Crippen molar-refractivity contribution in [2.24, 2.45) is 0 Å². The molecule has 3 nitrogen and oxygen atoms in total. The summed E-state index contributed by atoms with van der Waals surface area (Å²) in [6.07, 6.45) is 0.813. The maximum atomic E-state index is 11.9. The molecule has 0 atom stereocenters. The lowest BCUT2D eigenvalue weighted by atomic mass is 10.2. The predicted octanol–water partition coefficient (Wildman–Crippen LogP) is 4.15. The van der Waals surface area contributed by atoms with Gasteiger partial charge in [0.15, 0.2) is 0 Å². The third kappa shape index (κ3) is 3.43. The summed E-state index contributed by atoms with van der Waals surface area (Å²) in [5.41, 5.74) is 2.19. The van der Waals surface area contributed by atoms with Gasteiger partial charge in [-0.25, -0.2) is 4.98 Å². The Kier molecular flexibility index (Phi) is 4.65. The van der Waals surface area contributed by atoms with Gasteiger partial charge in [0, 0.05) is 23.4 Å². The summed E-state index contributed by atoms with van der Waals surface area (Å²) in [6, 6.07) is 13.9. The van der Waals surface area contributed by atoms with Crippen molar-refractivity contribution in [2.75, 3.05) is 6.54 Å². The molecule has 0 spiro atoms. The second-order valence-corrected chi connectivity index (χ2v) is 6.91. The lowest BCUT2D eigenvalue weighted by molar-refractivity contribution is 0.0958. The van der Waals surface area contributed by atoms with Crippen LogP contribution in [0.25, 0.3) is 10.6 Å². The van der Waals surface area contributed by atoms with Crippen LogP contribution in [-0.4, -0.2) is 17.4 Å². The van der Waals surface area contributed by atoms with Crippen LogP contribution in [0.2, 0.25) is 0 Å². The third-order valence-electron chi connectivity index (χ3n) is 3.30. The molecule has 0 aliphatic rings. The number of thiazole rings is 1. The number of nitrogens with one attached hydrogen (secondary N) is 1. The second-order valence-electron chi connectivity index (χ2n) is 4.88. The molecule has 1 N–H and O–H groups in total. The van der Waals surface area contributed by atoms with Gasteiger partial charge in [0.05, 0.1) is 10.6 Å². The van der Waals surface area contributed by atoms with Crippen molar-refractivity contribution in [3.63, 3.8) is 0 Å². The van der Waals surface area contributed by atoms with Gasteiger partial charge in [-0.05, 0) is 18.4 Å². The van der Waals surface area contributed by atoms with E-state index in [0.29, 0.717) is 6.54 Å². The van der Waals surface area contributed by atoms with E-state index in [2.05, 4.69) is 22.4 Å². The first-order chi connectivity index (χ1) is 10.7. The average Bonchev–Trinajstić information content (AvgIpc) is 3.18. The number of nitrogens with zero attached hydrogens (tertiary/aromatic N) is 1. The van der Waals surface area contributed by atoms with Gasteiger partial charge in [0.25, 0.3) is 5.91 Å². The van der Waals surface area contributed by atoms with Crippen molar-refractivity contribution in [1.29, 1.82) is 0 Å². The smallest absolute Gasteiger partial charge is 0.261 e. The van der Waals surface area contributed by atoms with Crippen molar-refractivity contribution < 1.29 is 4.79 Å². The normalized spacial score (nSPS) is 10.6. The predicted molar refractivity (Wildman–Crippen MR) is 92.6 cm³/mol. The van der Waals surface area contributed by atoms with E-state index in [0.717, 1.165) is 27.6 Å². The van der Waals surface area contributed by atoms with E-state index in [1.807, 2.05) is 42.6 Å². The zero-order valence-electron chi connectivity index (χ0n) is 12.2. The number of aromatic nitrogens is 1. The standard InChI is InChI=1S/C17H16N2OS2/c1-12-14(9-10-18-16(20)15-8-5-11-21-15)22-17(19-12)13-6-3-2-4-7-13/h2-8,11H,9-10H2,1H3,(H,18,20). The molecule has 0 aliphatic carbocycles. The average molecular weight is 328 g/mol. The first-order valence-corrected chi connectivity index (χ1v) is 8.77. The highest BCUT2D eigenvalue weighted by molar-refractivity contribution is 7.15. The molecule has 5 heteroatoms. The Morgan fingerprint density at radius 2 is 2.00 bits per heavy atom. The number of carbonyl (C=O) groups is 1. The Hall–Kier alpha value is -1.98. The van der Waals surface area contributed by atoms with Crippen molar-refractivity contribution in [1.82, 2.24) is 10.3 Å². The highest BCUT2D eigenvalue weighted by Gasteiger charge is 2.10. The van der Waals surface area contributed by atoms with E-state index in [4.69, 9.17) is 0 Å². The van der Waals surface area contributed by atoms with E-state index in [9.17, 15) is 4.79 Å². The van der Waals surface area contributed by atoms with Gasteiger partial charge in [-0.3, -0.25) is 4.79 Å². The molecule has 22 heavy (non-hydrogen) atoms. The van der Waals surface area contributed by atoms with Crippen LogP contribution < -0.4 is 5.32 Å². The molecule has 0 radical (unpaired) electrons. The minimum absolute atomic E-state index is 0.000418. The number of thiophene rings is 1. The van der Waals surface area contributed by atoms with Crippen molar-refractivity contribution in [2.45, 2.75) is 13.3 Å². The minimum Gasteiger partial charge on any atom is -0.351 e. The summed E-state index contributed by atoms with van der Waals surface area (Å²) in [5.74, 6) is 0.000418. The minimum atomic E-state index is 0.000418. The van der Waals surface area contributed by atoms with E-state index in [-0.39, 0.29) is 5.91 Å². The zero-order chi connectivity index (χ0) is 15.4. The number of benzene rings is 1. The lowest BCUT2D eigenvalue weighted by Gasteiger charge is -2.02. The van der Waals surface area contributed by atoms with Gasteiger partial charge in [0.1, 0.15) is 5.01 Å². The molecule has 3 rings (SSSR count). The molecular formula is C17H16N2OS2. The third-order valence-corrected chi connectivity index (χ3v) is 5.43. The van der Waals surface area contributed by atoms with Crippen LogP contribution in [0.1, 0.15) is 20.2 Å². The van der Waals surface area contributed by atoms with E-state index < -0.39 is 0 Å². The fraction of sp³-hybridized carbons (Fsp3) is 0.176. The summed E-state index contributed by atoms with van der Waals surface area (Å²) in [4.78, 5) is 18.5. The molecule has 3 aromatic rings. The molecule has 0 aliphatic heterocycles. The summed E-state index contributed by atoms with van der Waals surface area (Å²) in [6.45, 7) is 2.66. The maximum absolute atomic E-state index is 11.9. The van der Waals surface area contributed by atoms with Gasteiger partial charge in [-0.2, -0.15) is 0 Å². The fourth-order valence-electron chi connectivity index (χ4n) is 2.15. The first kappa shape index (κ1) is 14.9. The van der Waals surface area contributed by atoms with E-state index in [1.165, 1.54) is 16.2 Å². The topological polar surface area (TPSA) is 42.0 Å². The molecule has 0 fully saturated rings. The van der Waals surface area contributed by atoms with Crippen LogP contribution in [0.5, 0.6) is 0 Å². The highest BCUT2D eigenvalue weighted by atomic mass is 32.1. The molecule has 2 heterocycles. The lowest BCUT2D eigenvalue weighted by Crippen LogP contribution is -2.24. The molecular weight excluding hydrogens is 312 g/mol. The van der Waals surface area contributed by atoms with Crippen LogP contribution in [0.15, 0.2) is 47.8 Å². The molecule has 0 saturated carbocycles. The molecule has 0 unspecified atom stereocenters. The Bertz CT molecular complexity index is 748. The van der Waals surface area contributed by atoms with Crippen LogP contribution >= 0.6 is 22.7 Å². The number of hydrogen-bond donors (Lipinski definition) is 1. The van der Waals surface area contributed by atoms with Crippen molar-refractivity contribution in [3.8, 4) is 10.6 Å². The van der Waals surface area contributed by atoms with E-state index >= 15 is 0 Å². The number of rotatable bonds is 5. The molecule has 2 aromatic heterocycles. The number of carbonyl (C=O) groups excluding carboxylic acids is 1. The Morgan fingerprint density at radius 1 is 1.18 bits per heavy atom. The van der Waals surface area contributed by atoms with Crippen LogP contribution in [0.4, 0.5) is 0 Å². The van der Waals surface area contributed by atoms with Gasteiger partial charge in [-0.15, -0.1) is 22.7 Å². The largest absolute Gasteiger partial charge is 0.351 e. The summed E-state index contributed by atoms with van der Waals surface area (Å²) in [5, 5.41) is 5.91. The summed E-state index contributed by atoms with van der Waals surface area (Å²) < 4.78 is 0. The molecule has 1 aromatic carbocycles. The van der Waals surface area contributed by atoms with Gasteiger partial charge >= 0.3 is 0 Å². The maximum Gasteiger partial charge on any atom is 0.261 e. The Balaban J connectivity index is 1.61. The molecule has 1 amide bonds. The fourth-order valence-corrected chi connectivity index (χ4v) is 3.86. The second kappa shape index (κ2) is 6.85. The van der Waals surface area contributed by atoms with E-state index in [1.54, 1.807) is 11.3 Å². The number of amides is 1. The molecule has 112 valence electrons. The highest BCUT2D eigenvalue weighted by Crippen LogP contribution is 2.27. The molecule has 0 saturated heterocycles. The summed E-state index contributed by atoms with van der Waals surface area (Å²) >= 11 is 3.16. The summed E-state index contributed by atoms with van der Waals surface area (Å²) in [7, 11) is 0. The van der Waals surface area contributed by atoms with Gasteiger partial charge < -0.3 is 5.32 Å². The van der Waals surface area contributed by atoms with Crippen LogP contribution in [-0.2, 0) is 6.42 Å². The Labute approximate surface area is 137 Å². The SMILES string of the molecule is Cc1nc(-c2ccccc2)sc1CCNC(=O)c1cccs1. The van der Waals surface area contributed by atoms with Crippen molar-refractivity contribution >= 4 is 28.6 Å². The zero-order valence-corrected chi connectivity index (χ0v) is 13.8. The Morgan fingerprint density at radius 3 is 2.73 bits per heavy atom. The first-order valence-electron chi connectivity index (χ1n) is 7.07. The van der Waals surface area contributed by atoms with Crippen LogP contribution in [0.3, 0.4) is 0 Å². The van der Waals surface area contributed by atoms with Gasteiger partial charge in [-0.1, -0.05) is 36.4 Å². The quantitative estimate of drug-likeness (QED) is 0.764. The number of aryl methyl sites for hydroxylation is 1.